The number of hydrogen-bond acceptors (Lipinski definition) is 9. The van der Waals surface area contributed by atoms with Crippen LogP contribution >= 0.6 is 35.1 Å². The third-order valence-corrected chi connectivity index (χ3v) is 10.1. The summed E-state index contributed by atoms with van der Waals surface area (Å²) in [7, 11) is -9.01. The minimum absolute atomic E-state index is 0.143. The van der Waals surface area contributed by atoms with Gasteiger partial charge in [-0.15, -0.1) is 0 Å². The van der Waals surface area contributed by atoms with Crippen molar-refractivity contribution in [2.45, 2.75) is 46.4 Å². The Morgan fingerprint density at radius 3 is 1.93 bits per heavy atom. The maximum atomic E-state index is 14.2. The lowest BCUT2D eigenvalue weighted by molar-refractivity contribution is -0.162. The van der Waals surface area contributed by atoms with E-state index in [-0.39, 0.29) is 15.6 Å². The maximum Gasteiger partial charge on any atom is 0.356 e. The number of carbonyl (C=O) groups is 2. The molecule has 0 N–H and O–H groups in total. The summed E-state index contributed by atoms with van der Waals surface area (Å²) in [4.78, 5) is 24.5. The van der Waals surface area contributed by atoms with Crippen molar-refractivity contribution in [1.29, 1.82) is 0 Å². The first-order valence-electron chi connectivity index (χ1n) is 13.0. The van der Waals surface area contributed by atoms with E-state index < -0.39 is 60.3 Å². The zero-order valence-corrected chi connectivity index (χ0v) is 28.7. The second-order valence-corrected chi connectivity index (χ2v) is 16.8. The third kappa shape index (κ3) is 9.26. The minimum atomic E-state index is -4.53. The molecule has 3 aromatic carbocycles. The van der Waals surface area contributed by atoms with Crippen molar-refractivity contribution in [3.8, 4) is 0 Å². The molecular weight excluding hydrogens is 685 g/mol. The summed E-state index contributed by atoms with van der Waals surface area (Å²) >= 11 is 9.46. The van der Waals surface area contributed by atoms with E-state index >= 15 is 0 Å². The van der Waals surface area contributed by atoms with Gasteiger partial charge < -0.3 is 9.47 Å². The smallest absolute Gasteiger partial charge is 0.356 e. The Kier molecular flexibility index (Phi) is 11.1. The molecule has 10 nitrogen and oxygen atoms in total. The van der Waals surface area contributed by atoms with Gasteiger partial charge in [0.1, 0.15) is 6.29 Å². The van der Waals surface area contributed by atoms with Gasteiger partial charge in [0, 0.05) is 14.9 Å². The lowest BCUT2D eigenvalue weighted by Crippen LogP contribution is -2.33. The SMILES string of the molecule is CC(C)(C)C(=O)OCOP(=O)(CN(c1cccc2ccccc12)S(=O)(=O)c1cc(Cl)cc(Br)c1)OCOC(=O)C(C)(C)C. The minimum Gasteiger partial charge on any atom is -0.438 e. The average molecular weight is 719 g/mol. The molecule has 14 heteroatoms. The van der Waals surface area contributed by atoms with Crippen LogP contribution in [0.25, 0.3) is 10.8 Å². The number of esters is 2. The number of hydrogen-bond donors (Lipinski definition) is 0. The number of nitrogens with zero attached hydrogens (tertiary/aromatic N) is 1. The van der Waals surface area contributed by atoms with Crippen molar-refractivity contribution in [1.82, 2.24) is 0 Å². The summed E-state index contributed by atoms with van der Waals surface area (Å²) in [6, 6.07) is 16.1. The predicted octanol–water partition coefficient (Wildman–Crippen LogP) is 7.73. The number of rotatable bonds is 11. The Hall–Kier alpha value is -2.47. The van der Waals surface area contributed by atoms with Gasteiger partial charge in [-0.2, -0.15) is 0 Å². The second-order valence-electron chi connectivity index (χ2n) is 11.6. The van der Waals surface area contributed by atoms with Crippen LogP contribution in [-0.2, 0) is 42.7 Å². The van der Waals surface area contributed by atoms with Crippen LogP contribution in [0.1, 0.15) is 41.5 Å². The molecule has 3 aromatic rings. The Balaban J connectivity index is 2.10. The van der Waals surface area contributed by atoms with Crippen molar-refractivity contribution in [2.24, 2.45) is 10.8 Å². The van der Waals surface area contributed by atoms with E-state index in [0.717, 1.165) is 4.31 Å². The summed E-state index contributed by atoms with van der Waals surface area (Å²) in [5.74, 6) is -1.30. The van der Waals surface area contributed by atoms with E-state index in [1.54, 1.807) is 84.0 Å². The molecule has 3 rings (SSSR count). The van der Waals surface area contributed by atoms with E-state index in [2.05, 4.69) is 15.9 Å². The Labute approximate surface area is 265 Å². The molecule has 0 bridgehead atoms. The molecule has 0 heterocycles. The normalized spacial score (nSPS) is 12.7. The van der Waals surface area contributed by atoms with Crippen LogP contribution in [-0.4, -0.2) is 40.2 Å². The highest BCUT2D eigenvalue weighted by molar-refractivity contribution is 9.10. The second kappa shape index (κ2) is 13.7. The predicted molar refractivity (Wildman–Crippen MR) is 168 cm³/mol. The first kappa shape index (κ1) is 35.0. The summed E-state index contributed by atoms with van der Waals surface area (Å²) in [6.45, 7) is 8.10. The molecule has 43 heavy (non-hydrogen) atoms. The molecule has 0 amide bonds. The topological polar surface area (TPSA) is 126 Å². The molecule has 0 saturated carbocycles. The fourth-order valence-electron chi connectivity index (χ4n) is 3.54. The zero-order valence-electron chi connectivity index (χ0n) is 24.6. The Morgan fingerprint density at radius 1 is 0.860 bits per heavy atom. The van der Waals surface area contributed by atoms with Gasteiger partial charge in [-0.25, -0.2) is 8.42 Å². The molecule has 0 fully saturated rings. The maximum absolute atomic E-state index is 14.2. The van der Waals surface area contributed by atoms with Crippen LogP contribution in [0.2, 0.25) is 5.02 Å². The monoisotopic (exact) mass is 717 g/mol. The molecule has 0 radical (unpaired) electrons. The number of halogens is 2. The number of ether oxygens (including phenoxy) is 2. The van der Waals surface area contributed by atoms with Crippen LogP contribution in [0.5, 0.6) is 0 Å². The molecule has 0 aliphatic heterocycles. The zero-order chi connectivity index (χ0) is 32.2. The molecule has 0 aliphatic rings. The molecule has 0 unspecified atom stereocenters. The third-order valence-electron chi connectivity index (χ3n) is 5.86. The molecular formula is C29H34BrClNO9PS. The summed E-state index contributed by atoms with van der Waals surface area (Å²) in [5, 5.41) is 1.38. The van der Waals surface area contributed by atoms with Gasteiger partial charge in [0.25, 0.3) is 10.0 Å². The Bertz CT molecular complexity index is 1590. The lowest BCUT2D eigenvalue weighted by Gasteiger charge is -2.29. The molecule has 0 saturated heterocycles. The Morgan fingerprint density at radius 2 is 1.40 bits per heavy atom. The molecule has 0 aromatic heterocycles. The van der Waals surface area contributed by atoms with E-state index in [1.807, 2.05) is 0 Å². The van der Waals surface area contributed by atoms with Crippen LogP contribution in [0.15, 0.2) is 70.0 Å². The van der Waals surface area contributed by atoms with Crippen molar-refractivity contribution in [2.75, 3.05) is 24.2 Å². The highest BCUT2D eigenvalue weighted by atomic mass is 79.9. The van der Waals surface area contributed by atoms with Crippen molar-refractivity contribution < 1.29 is 41.1 Å². The van der Waals surface area contributed by atoms with Gasteiger partial charge >= 0.3 is 19.5 Å². The molecule has 0 aliphatic carbocycles. The number of carbonyl (C=O) groups excluding carboxylic acids is 2. The van der Waals surface area contributed by atoms with Gasteiger partial charge in [-0.3, -0.25) is 27.5 Å². The average Bonchev–Trinajstić information content (AvgIpc) is 2.90. The van der Waals surface area contributed by atoms with Crippen molar-refractivity contribution in [3.63, 3.8) is 0 Å². The number of anilines is 1. The molecule has 0 spiro atoms. The fourth-order valence-corrected chi connectivity index (χ4v) is 8.01. The molecule has 0 atom stereocenters. The van der Waals surface area contributed by atoms with Crippen LogP contribution < -0.4 is 4.31 Å². The van der Waals surface area contributed by atoms with Gasteiger partial charge in [0.15, 0.2) is 0 Å². The fraction of sp³-hybridized carbons (Fsp3) is 0.379. The van der Waals surface area contributed by atoms with Gasteiger partial charge in [-0.1, -0.05) is 63.9 Å². The number of benzene rings is 3. The lowest BCUT2D eigenvalue weighted by atomic mass is 9.98. The van der Waals surface area contributed by atoms with Crippen LogP contribution in [0.3, 0.4) is 0 Å². The van der Waals surface area contributed by atoms with E-state index in [0.29, 0.717) is 15.2 Å². The summed E-state index contributed by atoms with van der Waals surface area (Å²) < 4.78 is 65.2. The number of sulfonamides is 1. The van der Waals surface area contributed by atoms with Gasteiger partial charge in [-0.05, 0) is 71.2 Å². The number of fused-ring (bicyclic) bond motifs is 1. The van der Waals surface area contributed by atoms with Crippen molar-refractivity contribution >= 4 is 73.5 Å². The van der Waals surface area contributed by atoms with Crippen LogP contribution in [0.4, 0.5) is 5.69 Å². The molecule has 234 valence electrons. The highest BCUT2D eigenvalue weighted by Crippen LogP contribution is 2.51. The first-order chi connectivity index (χ1) is 19.8. The van der Waals surface area contributed by atoms with Gasteiger partial charge in [0.05, 0.1) is 21.4 Å². The van der Waals surface area contributed by atoms with E-state index in [9.17, 15) is 22.6 Å². The van der Waals surface area contributed by atoms with Gasteiger partial charge in [0.2, 0.25) is 13.6 Å². The van der Waals surface area contributed by atoms with Crippen molar-refractivity contribution in [3.05, 3.63) is 70.2 Å². The highest BCUT2D eigenvalue weighted by Gasteiger charge is 2.38. The largest absolute Gasteiger partial charge is 0.438 e. The standard InChI is InChI=1S/C29H34BrClNO9PS/c1-28(2,3)26(33)38-18-40-42(35,41-19-39-27(34)29(4,5)6)17-32(25-13-9-11-20-10-7-8-12-24(20)25)43(36,37)23-15-21(30)14-22(31)16-23/h7-16H,17-19H2,1-6H3. The summed E-state index contributed by atoms with van der Waals surface area (Å²) in [6.07, 6.45) is -0.867. The van der Waals surface area contributed by atoms with E-state index in [4.69, 9.17) is 30.1 Å². The quantitative estimate of drug-likeness (QED) is 0.111. The first-order valence-corrected chi connectivity index (χ1v) is 17.4. The van der Waals surface area contributed by atoms with E-state index in [1.165, 1.54) is 18.2 Å². The van der Waals surface area contributed by atoms with Crippen LogP contribution in [0, 0.1) is 10.8 Å². The summed E-state index contributed by atoms with van der Waals surface area (Å²) in [5.41, 5.74) is -1.62.